The van der Waals surface area contributed by atoms with Gasteiger partial charge < -0.3 is 0 Å². The maximum atomic E-state index is 12.8. The van der Waals surface area contributed by atoms with Crippen LogP contribution in [0.1, 0.15) is 18.1 Å². The highest BCUT2D eigenvalue weighted by Gasteiger charge is 2.28. The zero-order chi connectivity index (χ0) is 23.4. The monoisotopic (exact) mass is 464 g/mol. The number of fused-ring (bicyclic) bond motifs is 1. The molecule has 1 heterocycles. The Hall–Kier alpha value is -3.07. The smallest absolute Gasteiger partial charge is 0.254 e. The first kappa shape index (κ1) is 23.1. The molecule has 0 radical (unpaired) electrons. The third-order valence-electron chi connectivity index (χ3n) is 5.88. The molecule has 0 spiro atoms. The molecule has 1 fully saturated rings. The number of benzene rings is 3. The third kappa shape index (κ3) is 5.30. The number of nitrogens with one attached hydrogen (secondary N) is 1. The molecule has 172 valence electrons. The van der Waals surface area contributed by atoms with Crippen molar-refractivity contribution in [3.05, 3.63) is 77.9 Å². The van der Waals surface area contributed by atoms with Crippen LogP contribution in [0.25, 0.3) is 10.8 Å². The molecule has 3 aromatic rings. The third-order valence-corrected chi connectivity index (χ3v) is 7.80. The van der Waals surface area contributed by atoms with Crippen molar-refractivity contribution in [1.29, 1.82) is 0 Å². The van der Waals surface area contributed by atoms with E-state index in [0.29, 0.717) is 31.1 Å². The van der Waals surface area contributed by atoms with Gasteiger partial charge in [-0.05, 0) is 36.8 Å². The van der Waals surface area contributed by atoms with Gasteiger partial charge >= 0.3 is 0 Å². The molecule has 1 aliphatic heterocycles. The molecule has 4 rings (SSSR count). The fourth-order valence-corrected chi connectivity index (χ4v) is 5.40. The summed E-state index contributed by atoms with van der Waals surface area (Å²) in [6.07, 6.45) is 0. The Labute approximate surface area is 194 Å². The lowest BCUT2D eigenvalue weighted by atomic mass is 10.0. The SMILES string of the molecule is C/C(=N/NC(=O)CN1CCN(S(=O)(=O)c2ccc(C)cc2)CC1)c1cccc2ccccc12. The van der Waals surface area contributed by atoms with Crippen molar-refractivity contribution in [2.45, 2.75) is 18.7 Å². The summed E-state index contributed by atoms with van der Waals surface area (Å²) in [5.74, 6) is -0.218. The van der Waals surface area contributed by atoms with E-state index >= 15 is 0 Å². The molecule has 1 amide bonds. The first-order chi connectivity index (χ1) is 15.8. The summed E-state index contributed by atoms with van der Waals surface area (Å²) in [7, 11) is -3.52. The minimum absolute atomic E-state index is 0.171. The summed E-state index contributed by atoms with van der Waals surface area (Å²) in [6, 6.07) is 20.9. The van der Waals surface area contributed by atoms with E-state index in [1.165, 1.54) is 4.31 Å². The molecular weight excluding hydrogens is 436 g/mol. The number of sulfonamides is 1. The second-order valence-electron chi connectivity index (χ2n) is 8.25. The minimum atomic E-state index is -3.52. The van der Waals surface area contributed by atoms with Crippen LogP contribution in [0.3, 0.4) is 0 Å². The van der Waals surface area contributed by atoms with Crippen LogP contribution in [0, 0.1) is 6.92 Å². The van der Waals surface area contributed by atoms with Gasteiger partial charge in [-0.1, -0.05) is 60.2 Å². The molecular formula is C25H28N4O3S. The average Bonchev–Trinajstić information content (AvgIpc) is 2.83. The molecule has 1 aliphatic rings. The van der Waals surface area contributed by atoms with Crippen molar-refractivity contribution >= 4 is 32.4 Å². The van der Waals surface area contributed by atoms with Gasteiger partial charge in [0, 0.05) is 31.7 Å². The molecule has 33 heavy (non-hydrogen) atoms. The standard InChI is InChI=1S/C25H28N4O3S/c1-19-10-12-22(13-11-19)33(31,32)29-16-14-28(15-17-29)18-25(30)27-26-20(2)23-9-5-7-21-6-3-4-8-24(21)23/h3-13H,14-18H2,1-2H3,(H,27,30)/b26-20-. The number of piperazine rings is 1. The van der Waals surface area contributed by atoms with Crippen molar-refractivity contribution < 1.29 is 13.2 Å². The second kappa shape index (κ2) is 9.82. The lowest BCUT2D eigenvalue weighted by Gasteiger charge is -2.33. The van der Waals surface area contributed by atoms with Gasteiger partial charge in [-0.15, -0.1) is 0 Å². The van der Waals surface area contributed by atoms with Crippen LogP contribution in [0.15, 0.2) is 76.7 Å². The molecule has 3 aromatic carbocycles. The Kier molecular flexibility index (Phi) is 6.88. The Balaban J connectivity index is 1.32. The summed E-state index contributed by atoms with van der Waals surface area (Å²) >= 11 is 0. The second-order valence-corrected chi connectivity index (χ2v) is 10.2. The highest BCUT2D eigenvalue weighted by Crippen LogP contribution is 2.20. The lowest BCUT2D eigenvalue weighted by molar-refractivity contribution is -0.122. The van der Waals surface area contributed by atoms with Crippen molar-refractivity contribution in [1.82, 2.24) is 14.6 Å². The van der Waals surface area contributed by atoms with E-state index in [0.717, 1.165) is 27.6 Å². The van der Waals surface area contributed by atoms with Crippen molar-refractivity contribution in [2.24, 2.45) is 5.10 Å². The number of rotatable bonds is 6. The highest BCUT2D eigenvalue weighted by molar-refractivity contribution is 7.89. The number of hydrazone groups is 1. The van der Waals surface area contributed by atoms with E-state index in [1.807, 2.05) is 61.2 Å². The number of amides is 1. The first-order valence-corrected chi connectivity index (χ1v) is 12.4. The fraction of sp³-hybridized carbons (Fsp3) is 0.280. The zero-order valence-corrected chi connectivity index (χ0v) is 19.7. The van der Waals surface area contributed by atoms with Crippen LogP contribution < -0.4 is 5.43 Å². The first-order valence-electron chi connectivity index (χ1n) is 10.9. The normalized spacial score (nSPS) is 16.1. The minimum Gasteiger partial charge on any atom is -0.292 e. The van der Waals surface area contributed by atoms with E-state index in [4.69, 9.17) is 0 Å². The summed E-state index contributed by atoms with van der Waals surface area (Å²) in [5.41, 5.74) is 5.36. The lowest BCUT2D eigenvalue weighted by Crippen LogP contribution is -2.50. The summed E-state index contributed by atoms with van der Waals surface area (Å²) in [6.45, 7) is 5.65. The summed E-state index contributed by atoms with van der Waals surface area (Å²) in [5, 5.41) is 6.50. The van der Waals surface area contributed by atoms with Crippen LogP contribution in [0.5, 0.6) is 0 Å². The van der Waals surface area contributed by atoms with Crippen molar-refractivity contribution in [3.8, 4) is 0 Å². The number of hydrogen-bond donors (Lipinski definition) is 1. The Morgan fingerprint density at radius 2 is 1.61 bits per heavy atom. The molecule has 0 aromatic heterocycles. The van der Waals surface area contributed by atoms with Crippen LogP contribution in [0.4, 0.5) is 0 Å². The highest BCUT2D eigenvalue weighted by atomic mass is 32.2. The van der Waals surface area contributed by atoms with Gasteiger partial charge in [0.1, 0.15) is 0 Å². The van der Waals surface area contributed by atoms with E-state index in [1.54, 1.807) is 24.3 Å². The Morgan fingerprint density at radius 3 is 2.33 bits per heavy atom. The average molecular weight is 465 g/mol. The van der Waals surface area contributed by atoms with Crippen molar-refractivity contribution in [2.75, 3.05) is 32.7 Å². The largest absolute Gasteiger partial charge is 0.292 e. The van der Waals surface area contributed by atoms with Gasteiger partial charge in [0.2, 0.25) is 10.0 Å². The zero-order valence-electron chi connectivity index (χ0n) is 18.9. The van der Waals surface area contributed by atoms with Gasteiger partial charge in [-0.25, -0.2) is 13.8 Å². The van der Waals surface area contributed by atoms with Gasteiger partial charge in [0.25, 0.3) is 5.91 Å². The fourth-order valence-electron chi connectivity index (χ4n) is 3.97. The van der Waals surface area contributed by atoms with Crippen LogP contribution in [0.2, 0.25) is 0 Å². The molecule has 7 nitrogen and oxygen atoms in total. The number of carbonyl (C=O) groups is 1. The molecule has 1 N–H and O–H groups in total. The van der Waals surface area contributed by atoms with E-state index in [-0.39, 0.29) is 12.5 Å². The van der Waals surface area contributed by atoms with Crippen LogP contribution in [-0.4, -0.2) is 62.0 Å². The maximum Gasteiger partial charge on any atom is 0.254 e. The molecule has 0 bridgehead atoms. The number of aryl methyl sites for hydroxylation is 1. The topological polar surface area (TPSA) is 82.1 Å². The van der Waals surface area contributed by atoms with Gasteiger partial charge in [-0.2, -0.15) is 9.41 Å². The van der Waals surface area contributed by atoms with E-state index in [9.17, 15) is 13.2 Å². The summed E-state index contributed by atoms with van der Waals surface area (Å²) < 4.78 is 27.2. The number of carbonyl (C=O) groups excluding carboxylic acids is 1. The molecule has 0 aliphatic carbocycles. The number of hydrogen-bond acceptors (Lipinski definition) is 5. The quantitative estimate of drug-likeness (QED) is 0.449. The summed E-state index contributed by atoms with van der Waals surface area (Å²) in [4.78, 5) is 14.7. The Morgan fingerprint density at radius 1 is 0.939 bits per heavy atom. The predicted molar refractivity (Wildman–Crippen MR) is 131 cm³/mol. The van der Waals surface area contributed by atoms with E-state index < -0.39 is 10.0 Å². The van der Waals surface area contributed by atoms with Gasteiger partial charge in [-0.3, -0.25) is 9.69 Å². The molecule has 8 heteroatoms. The number of nitrogens with zero attached hydrogens (tertiary/aromatic N) is 3. The molecule has 0 saturated carbocycles. The van der Waals surface area contributed by atoms with Crippen molar-refractivity contribution in [3.63, 3.8) is 0 Å². The van der Waals surface area contributed by atoms with Crippen LogP contribution >= 0.6 is 0 Å². The Bertz CT molecular complexity index is 1270. The van der Waals surface area contributed by atoms with Gasteiger partial charge in [0.05, 0.1) is 17.2 Å². The van der Waals surface area contributed by atoms with Gasteiger partial charge in [0.15, 0.2) is 0 Å². The molecule has 0 atom stereocenters. The molecule has 0 unspecified atom stereocenters. The predicted octanol–water partition coefficient (Wildman–Crippen LogP) is 2.99. The maximum absolute atomic E-state index is 12.8. The van der Waals surface area contributed by atoms with E-state index in [2.05, 4.69) is 10.5 Å². The molecule has 1 saturated heterocycles. The van der Waals surface area contributed by atoms with Crippen LogP contribution in [-0.2, 0) is 14.8 Å².